The zero-order valence-electron chi connectivity index (χ0n) is 17.3. The van der Waals surface area contributed by atoms with Crippen molar-refractivity contribution in [3.8, 4) is 23.0 Å². The summed E-state index contributed by atoms with van der Waals surface area (Å²) in [6, 6.07) is 10.2. The molecule has 0 bridgehead atoms. The van der Waals surface area contributed by atoms with Crippen LogP contribution in [0.3, 0.4) is 0 Å². The molecular formula is C21H26N2O6. The van der Waals surface area contributed by atoms with Crippen LogP contribution in [0.1, 0.15) is 17.3 Å². The van der Waals surface area contributed by atoms with E-state index in [0.717, 1.165) is 0 Å². The molecule has 156 valence electrons. The van der Waals surface area contributed by atoms with Crippen LogP contribution in [0.15, 0.2) is 36.4 Å². The Hall–Kier alpha value is -3.42. The first-order valence-corrected chi connectivity index (χ1v) is 9.01. The zero-order chi connectivity index (χ0) is 21.4. The van der Waals surface area contributed by atoms with Gasteiger partial charge in [-0.15, -0.1) is 0 Å². The predicted molar refractivity (Wildman–Crippen MR) is 109 cm³/mol. The van der Waals surface area contributed by atoms with Crippen molar-refractivity contribution in [1.29, 1.82) is 0 Å². The molecule has 0 heterocycles. The molecule has 29 heavy (non-hydrogen) atoms. The Morgan fingerprint density at radius 2 is 1.66 bits per heavy atom. The first kappa shape index (κ1) is 21.9. The Morgan fingerprint density at radius 1 is 0.931 bits per heavy atom. The van der Waals surface area contributed by atoms with Gasteiger partial charge in [0.1, 0.15) is 12.3 Å². The summed E-state index contributed by atoms with van der Waals surface area (Å²) in [7, 11) is 5.96. The van der Waals surface area contributed by atoms with E-state index in [-0.39, 0.29) is 29.7 Å². The number of methoxy groups -OCH3 is 4. The standard InChI is InChI=1S/C21H26N2O6/c1-6-23(13-18(24)22-14-8-7-9-15(12-14)26-2)21(25)16-10-11-17(27-3)20(29-5)19(16)28-4/h7-12H,6,13H2,1-5H3,(H,22,24). The van der Waals surface area contributed by atoms with Crippen LogP contribution in [0.5, 0.6) is 23.0 Å². The van der Waals surface area contributed by atoms with Crippen LogP contribution in [-0.2, 0) is 4.79 Å². The summed E-state index contributed by atoms with van der Waals surface area (Å²) in [6.07, 6.45) is 0. The molecule has 2 aromatic carbocycles. The van der Waals surface area contributed by atoms with Crippen molar-refractivity contribution >= 4 is 17.5 Å². The highest BCUT2D eigenvalue weighted by Crippen LogP contribution is 2.40. The summed E-state index contributed by atoms with van der Waals surface area (Å²) >= 11 is 0. The number of hydrogen-bond acceptors (Lipinski definition) is 6. The lowest BCUT2D eigenvalue weighted by molar-refractivity contribution is -0.116. The van der Waals surface area contributed by atoms with Crippen molar-refractivity contribution in [2.75, 3.05) is 46.8 Å². The molecule has 2 rings (SSSR count). The fourth-order valence-electron chi connectivity index (χ4n) is 2.84. The number of ether oxygens (including phenoxy) is 4. The van der Waals surface area contributed by atoms with Crippen LogP contribution in [0.2, 0.25) is 0 Å². The van der Waals surface area contributed by atoms with Crippen LogP contribution in [0, 0.1) is 0 Å². The molecule has 2 amide bonds. The summed E-state index contributed by atoms with van der Waals surface area (Å²) in [5.41, 5.74) is 0.864. The van der Waals surface area contributed by atoms with E-state index in [2.05, 4.69) is 5.32 Å². The summed E-state index contributed by atoms with van der Waals surface area (Å²) in [5, 5.41) is 2.77. The highest BCUT2D eigenvalue weighted by molar-refractivity contribution is 6.01. The second-order valence-corrected chi connectivity index (χ2v) is 5.98. The van der Waals surface area contributed by atoms with Crippen molar-refractivity contribution in [3.05, 3.63) is 42.0 Å². The number of benzene rings is 2. The largest absolute Gasteiger partial charge is 0.497 e. The average molecular weight is 402 g/mol. The number of anilines is 1. The van der Waals surface area contributed by atoms with Gasteiger partial charge in [0.15, 0.2) is 11.5 Å². The minimum Gasteiger partial charge on any atom is -0.497 e. The number of rotatable bonds is 9. The molecule has 0 spiro atoms. The Bertz CT molecular complexity index is 868. The van der Waals surface area contributed by atoms with Crippen LogP contribution in [0.4, 0.5) is 5.69 Å². The number of amides is 2. The molecule has 0 atom stereocenters. The first-order valence-electron chi connectivity index (χ1n) is 9.01. The van der Waals surface area contributed by atoms with Gasteiger partial charge in [-0.25, -0.2) is 0 Å². The van der Waals surface area contributed by atoms with E-state index in [4.69, 9.17) is 18.9 Å². The van der Waals surface area contributed by atoms with Gasteiger partial charge in [-0.1, -0.05) is 6.07 Å². The normalized spacial score (nSPS) is 10.1. The highest BCUT2D eigenvalue weighted by atomic mass is 16.5. The van der Waals surface area contributed by atoms with Crippen LogP contribution in [-0.4, -0.2) is 58.2 Å². The summed E-state index contributed by atoms with van der Waals surface area (Å²) in [6.45, 7) is 2.01. The molecule has 0 aliphatic rings. The molecular weight excluding hydrogens is 376 g/mol. The first-order chi connectivity index (χ1) is 14.0. The molecule has 2 aromatic rings. The van der Waals surface area contributed by atoms with Crippen molar-refractivity contribution in [1.82, 2.24) is 4.90 Å². The van der Waals surface area contributed by atoms with E-state index in [9.17, 15) is 9.59 Å². The van der Waals surface area contributed by atoms with Gasteiger partial charge in [-0.3, -0.25) is 9.59 Å². The topological polar surface area (TPSA) is 86.3 Å². The Labute approximate surface area is 170 Å². The number of likely N-dealkylation sites (N-methyl/N-ethyl adjacent to an activating group) is 1. The van der Waals surface area contributed by atoms with Gasteiger partial charge in [-0.05, 0) is 31.2 Å². The van der Waals surface area contributed by atoms with E-state index in [1.165, 1.54) is 26.2 Å². The Kier molecular flexibility index (Phi) is 7.70. The van der Waals surface area contributed by atoms with E-state index in [1.807, 2.05) is 0 Å². The van der Waals surface area contributed by atoms with Crippen molar-refractivity contribution < 1.29 is 28.5 Å². The Balaban J connectivity index is 2.21. The lowest BCUT2D eigenvalue weighted by atomic mass is 10.1. The quantitative estimate of drug-likeness (QED) is 0.694. The smallest absolute Gasteiger partial charge is 0.258 e. The fraction of sp³-hybridized carbons (Fsp3) is 0.333. The van der Waals surface area contributed by atoms with Gasteiger partial charge in [0.2, 0.25) is 11.7 Å². The molecule has 0 radical (unpaired) electrons. The zero-order valence-corrected chi connectivity index (χ0v) is 17.3. The fourth-order valence-corrected chi connectivity index (χ4v) is 2.84. The third kappa shape index (κ3) is 5.10. The second kappa shape index (κ2) is 10.2. The maximum absolute atomic E-state index is 13.1. The van der Waals surface area contributed by atoms with Crippen molar-refractivity contribution in [2.24, 2.45) is 0 Å². The minimum absolute atomic E-state index is 0.121. The average Bonchev–Trinajstić information content (AvgIpc) is 2.75. The molecule has 0 saturated carbocycles. The predicted octanol–water partition coefficient (Wildman–Crippen LogP) is 2.82. The maximum atomic E-state index is 13.1. The molecule has 8 nitrogen and oxygen atoms in total. The van der Waals surface area contributed by atoms with Crippen LogP contribution in [0.25, 0.3) is 0 Å². The van der Waals surface area contributed by atoms with Crippen molar-refractivity contribution in [2.45, 2.75) is 6.92 Å². The van der Waals surface area contributed by atoms with Gasteiger partial charge in [0, 0.05) is 18.3 Å². The molecule has 8 heteroatoms. The number of carbonyl (C=O) groups is 2. The third-order valence-electron chi connectivity index (χ3n) is 4.29. The van der Waals surface area contributed by atoms with Crippen LogP contribution >= 0.6 is 0 Å². The van der Waals surface area contributed by atoms with Crippen molar-refractivity contribution in [3.63, 3.8) is 0 Å². The number of hydrogen-bond donors (Lipinski definition) is 1. The van der Waals surface area contributed by atoms with E-state index >= 15 is 0 Å². The van der Waals surface area contributed by atoms with Gasteiger partial charge < -0.3 is 29.2 Å². The molecule has 0 saturated heterocycles. The number of carbonyl (C=O) groups excluding carboxylic acids is 2. The summed E-state index contributed by atoms with van der Waals surface area (Å²) < 4.78 is 21.1. The third-order valence-corrected chi connectivity index (χ3v) is 4.29. The lowest BCUT2D eigenvalue weighted by Gasteiger charge is -2.22. The second-order valence-electron chi connectivity index (χ2n) is 5.98. The van der Waals surface area contributed by atoms with Gasteiger partial charge in [0.05, 0.1) is 34.0 Å². The minimum atomic E-state index is -0.355. The van der Waals surface area contributed by atoms with E-state index in [0.29, 0.717) is 29.5 Å². The number of nitrogens with zero attached hydrogens (tertiary/aromatic N) is 1. The summed E-state index contributed by atoms with van der Waals surface area (Å²) in [5.74, 6) is 0.959. The van der Waals surface area contributed by atoms with Gasteiger partial charge in [-0.2, -0.15) is 0 Å². The number of nitrogens with one attached hydrogen (secondary N) is 1. The molecule has 0 fully saturated rings. The molecule has 0 unspecified atom stereocenters. The highest BCUT2D eigenvalue weighted by Gasteiger charge is 2.25. The molecule has 0 aromatic heterocycles. The monoisotopic (exact) mass is 402 g/mol. The van der Waals surface area contributed by atoms with Gasteiger partial charge in [0.25, 0.3) is 5.91 Å². The van der Waals surface area contributed by atoms with E-state index in [1.54, 1.807) is 50.4 Å². The summed E-state index contributed by atoms with van der Waals surface area (Å²) in [4.78, 5) is 27.0. The maximum Gasteiger partial charge on any atom is 0.258 e. The molecule has 0 aliphatic heterocycles. The molecule has 1 N–H and O–H groups in total. The lowest BCUT2D eigenvalue weighted by Crippen LogP contribution is -2.38. The van der Waals surface area contributed by atoms with Crippen LogP contribution < -0.4 is 24.3 Å². The SMILES string of the molecule is CCN(CC(=O)Nc1cccc(OC)c1)C(=O)c1ccc(OC)c(OC)c1OC. The van der Waals surface area contributed by atoms with E-state index < -0.39 is 0 Å². The van der Waals surface area contributed by atoms with Gasteiger partial charge >= 0.3 is 0 Å². The Morgan fingerprint density at radius 3 is 2.24 bits per heavy atom. The molecule has 0 aliphatic carbocycles.